The number of rotatable bonds is 4. The van der Waals surface area contributed by atoms with Gasteiger partial charge in [-0.15, -0.1) is 0 Å². The first-order valence-corrected chi connectivity index (χ1v) is 5.59. The van der Waals surface area contributed by atoms with Crippen LogP contribution in [0.5, 0.6) is 0 Å². The molecule has 0 radical (unpaired) electrons. The SMILES string of the molecule is CCCCC#C/C=C/C(=O)c1ccccc1. The molecule has 0 saturated heterocycles. The van der Waals surface area contributed by atoms with Gasteiger partial charge in [-0.3, -0.25) is 4.79 Å². The van der Waals surface area contributed by atoms with Crippen molar-refractivity contribution in [3.63, 3.8) is 0 Å². The first kappa shape index (κ1) is 12.3. The van der Waals surface area contributed by atoms with Crippen LogP contribution in [0.3, 0.4) is 0 Å². The van der Waals surface area contributed by atoms with Crippen LogP contribution >= 0.6 is 0 Å². The largest absolute Gasteiger partial charge is 0.289 e. The predicted octanol–water partition coefficient (Wildman–Crippen LogP) is 3.62. The lowest BCUT2D eigenvalue weighted by atomic mass is 10.1. The molecule has 0 fully saturated rings. The summed E-state index contributed by atoms with van der Waals surface area (Å²) < 4.78 is 0. The number of ketones is 1. The standard InChI is InChI=1S/C15H16O/c1-2-3-4-5-6-10-13-15(16)14-11-8-7-9-12-14/h7-13H,2-4H2,1H3/b13-10+. The molecule has 0 N–H and O–H groups in total. The fourth-order valence-corrected chi connectivity index (χ4v) is 1.21. The van der Waals surface area contributed by atoms with E-state index in [2.05, 4.69) is 18.8 Å². The lowest BCUT2D eigenvalue weighted by Gasteiger charge is -1.91. The molecule has 0 aliphatic carbocycles. The van der Waals surface area contributed by atoms with Gasteiger partial charge in [0.25, 0.3) is 0 Å². The van der Waals surface area contributed by atoms with Gasteiger partial charge in [-0.05, 0) is 18.6 Å². The van der Waals surface area contributed by atoms with Gasteiger partial charge in [-0.1, -0.05) is 55.5 Å². The van der Waals surface area contributed by atoms with Crippen molar-refractivity contribution in [2.45, 2.75) is 26.2 Å². The van der Waals surface area contributed by atoms with Gasteiger partial charge < -0.3 is 0 Å². The van der Waals surface area contributed by atoms with Crippen LogP contribution in [0, 0.1) is 11.8 Å². The Balaban J connectivity index is 2.45. The van der Waals surface area contributed by atoms with E-state index in [1.54, 1.807) is 18.2 Å². The van der Waals surface area contributed by atoms with E-state index in [1.165, 1.54) is 6.08 Å². The maximum atomic E-state index is 11.6. The molecule has 1 aromatic rings. The smallest absolute Gasteiger partial charge is 0.186 e. The van der Waals surface area contributed by atoms with Crippen LogP contribution in [0.15, 0.2) is 42.5 Å². The molecule has 0 amide bonds. The number of carbonyl (C=O) groups is 1. The number of unbranched alkanes of at least 4 members (excludes halogenated alkanes) is 2. The summed E-state index contributed by atoms with van der Waals surface area (Å²) in [4.78, 5) is 11.6. The van der Waals surface area contributed by atoms with E-state index in [0.717, 1.165) is 19.3 Å². The van der Waals surface area contributed by atoms with Crippen LogP contribution < -0.4 is 0 Å². The number of hydrogen-bond donors (Lipinski definition) is 0. The lowest BCUT2D eigenvalue weighted by Crippen LogP contribution is -1.92. The lowest BCUT2D eigenvalue weighted by molar-refractivity contribution is 0.104. The molecule has 0 aromatic heterocycles. The van der Waals surface area contributed by atoms with Crippen molar-refractivity contribution in [3.05, 3.63) is 48.0 Å². The molecule has 0 bridgehead atoms. The van der Waals surface area contributed by atoms with Crippen LogP contribution in [-0.4, -0.2) is 5.78 Å². The zero-order valence-electron chi connectivity index (χ0n) is 9.57. The van der Waals surface area contributed by atoms with Gasteiger partial charge in [0.05, 0.1) is 0 Å². The normalized spacial score (nSPS) is 9.81. The van der Waals surface area contributed by atoms with Crippen molar-refractivity contribution in [1.29, 1.82) is 0 Å². The van der Waals surface area contributed by atoms with Crippen molar-refractivity contribution in [3.8, 4) is 11.8 Å². The molecular formula is C15H16O. The maximum absolute atomic E-state index is 11.6. The number of benzene rings is 1. The molecule has 0 saturated carbocycles. The molecule has 1 heteroatoms. The third-order valence-electron chi connectivity index (χ3n) is 2.13. The van der Waals surface area contributed by atoms with Crippen molar-refractivity contribution in [2.24, 2.45) is 0 Å². The Hall–Kier alpha value is -1.81. The fourth-order valence-electron chi connectivity index (χ4n) is 1.21. The van der Waals surface area contributed by atoms with Crippen LogP contribution in [0.2, 0.25) is 0 Å². The summed E-state index contributed by atoms with van der Waals surface area (Å²) in [5.41, 5.74) is 0.703. The topological polar surface area (TPSA) is 17.1 Å². The average molecular weight is 212 g/mol. The molecule has 1 nitrogen and oxygen atoms in total. The van der Waals surface area contributed by atoms with E-state index >= 15 is 0 Å². The molecule has 0 atom stereocenters. The second kappa shape index (κ2) is 7.48. The molecule has 0 heterocycles. The quantitative estimate of drug-likeness (QED) is 0.322. The summed E-state index contributed by atoms with van der Waals surface area (Å²) in [7, 11) is 0. The maximum Gasteiger partial charge on any atom is 0.186 e. The van der Waals surface area contributed by atoms with E-state index in [-0.39, 0.29) is 5.78 Å². The molecule has 16 heavy (non-hydrogen) atoms. The van der Waals surface area contributed by atoms with Crippen LogP contribution in [0.4, 0.5) is 0 Å². The molecule has 0 aliphatic heterocycles. The minimum atomic E-state index is 0.00499. The highest BCUT2D eigenvalue weighted by molar-refractivity contribution is 6.04. The van der Waals surface area contributed by atoms with Gasteiger partial charge in [-0.25, -0.2) is 0 Å². The summed E-state index contributed by atoms with van der Waals surface area (Å²) in [6, 6.07) is 9.21. The third-order valence-corrected chi connectivity index (χ3v) is 2.13. The Morgan fingerprint density at radius 1 is 1.31 bits per heavy atom. The zero-order chi connectivity index (χ0) is 11.6. The highest BCUT2D eigenvalue weighted by Gasteiger charge is 1.97. The summed E-state index contributed by atoms with van der Waals surface area (Å²) in [6.07, 6.45) is 6.33. The minimum Gasteiger partial charge on any atom is -0.289 e. The molecule has 82 valence electrons. The van der Waals surface area contributed by atoms with Gasteiger partial charge >= 0.3 is 0 Å². The zero-order valence-corrected chi connectivity index (χ0v) is 9.57. The Morgan fingerprint density at radius 2 is 2.06 bits per heavy atom. The van der Waals surface area contributed by atoms with E-state index < -0.39 is 0 Å². The second-order valence-electron chi connectivity index (χ2n) is 3.49. The average Bonchev–Trinajstić information content (AvgIpc) is 2.34. The Labute approximate surface area is 97.2 Å². The first-order chi connectivity index (χ1) is 7.84. The summed E-state index contributed by atoms with van der Waals surface area (Å²) in [5.74, 6) is 5.88. The Kier molecular flexibility index (Phi) is 5.73. The molecule has 1 aromatic carbocycles. The Morgan fingerprint density at radius 3 is 2.75 bits per heavy atom. The summed E-state index contributed by atoms with van der Waals surface area (Å²) in [6.45, 7) is 2.14. The fraction of sp³-hybridized carbons (Fsp3) is 0.267. The van der Waals surface area contributed by atoms with Crippen molar-refractivity contribution < 1.29 is 4.79 Å². The predicted molar refractivity (Wildman–Crippen MR) is 67.2 cm³/mol. The second-order valence-corrected chi connectivity index (χ2v) is 3.49. The van der Waals surface area contributed by atoms with Crippen molar-refractivity contribution in [1.82, 2.24) is 0 Å². The summed E-state index contributed by atoms with van der Waals surface area (Å²) in [5, 5.41) is 0. The highest BCUT2D eigenvalue weighted by Crippen LogP contribution is 2.00. The molecule has 0 aliphatic rings. The van der Waals surface area contributed by atoms with E-state index in [9.17, 15) is 4.79 Å². The Bertz CT molecular complexity index is 404. The van der Waals surface area contributed by atoms with E-state index in [0.29, 0.717) is 5.56 Å². The van der Waals surface area contributed by atoms with Gasteiger partial charge in [-0.2, -0.15) is 0 Å². The number of hydrogen-bond acceptors (Lipinski definition) is 1. The molecule has 0 unspecified atom stereocenters. The van der Waals surface area contributed by atoms with Crippen LogP contribution in [0.1, 0.15) is 36.5 Å². The number of allylic oxidation sites excluding steroid dienone is 2. The van der Waals surface area contributed by atoms with E-state index in [1.807, 2.05) is 18.2 Å². The van der Waals surface area contributed by atoms with E-state index in [4.69, 9.17) is 0 Å². The van der Waals surface area contributed by atoms with Gasteiger partial charge in [0, 0.05) is 12.0 Å². The van der Waals surface area contributed by atoms with Crippen molar-refractivity contribution in [2.75, 3.05) is 0 Å². The number of carbonyl (C=O) groups excluding carboxylic acids is 1. The first-order valence-electron chi connectivity index (χ1n) is 5.59. The molecule has 1 rings (SSSR count). The monoisotopic (exact) mass is 212 g/mol. The highest BCUT2D eigenvalue weighted by atomic mass is 16.1. The van der Waals surface area contributed by atoms with Crippen molar-refractivity contribution >= 4 is 5.78 Å². The van der Waals surface area contributed by atoms with Crippen LogP contribution in [-0.2, 0) is 0 Å². The van der Waals surface area contributed by atoms with Gasteiger partial charge in [0.15, 0.2) is 5.78 Å². The third kappa shape index (κ3) is 4.61. The summed E-state index contributed by atoms with van der Waals surface area (Å²) >= 11 is 0. The van der Waals surface area contributed by atoms with Gasteiger partial charge in [0.1, 0.15) is 0 Å². The minimum absolute atomic E-state index is 0.00499. The molecule has 0 spiro atoms. The molecular weight excluding hydrogens is 196 g/mol. The van der Waals surface area contributed by atoms with Crippen LogP contribution in [0.25, 0.3) is 0 Å². The van der Waals surface area contributed by atoms with Gasteiger partial charge in [0.2, 0.25) is 0 Å².